The zero-order valence-corrected chi connectivity index (χ0v) is 18.1. The summed E-state index contributed by atoms with van der Waals surface area (Å²) in [6.07, 6.45) is 3.70. The summed E-state index contributed by atoms with van der Waals surface area (Å²) < 4.78 is 9.15. The Morgan fingerprint density at radius 1 is 1.27 bits per heavy atom. The van der Waals surface area contributed by atoms with Crippen LogP contribution in [0.1, 0.15) is 36.7 Å². The van der Waals surface area contributed by atoms with E-state index in [2.05, 4.69) is 10.1 Å². The van der Waals surface area contributed by atoms with Gasteiger partial charge in [0.2, 0.25) is 0 Å². The number of carbonyl (C=O) groups excluding carboxylic acids is 1. The van der Waals surface area contributed by atoms with Gasteiger partial charge >= 0.3 is 5.97 Å². The van der Waals surface area contributed by atoms with Crippen LogP contribution in [-0.2, 0) is 16.6 Å². The van der Waals surface area contributed by atoms with Gasteiger partial charge in [0.05, 0.1) is 34.1 Å². The SMILES string of the molecule is CCOC(=O)C1=C(C)N=c2sc(=Cc3cn(C)nc3C)c(=O)n2[C@H]1c1ccccc1. The molecular formula is C22H22N4O3S. The first kappa shape index (κ1) is 20.0. The van der Waals surface area contributed by atoms with E-state index in [-0.39, 0.29) is 12.2 Å². The number of rotatable bonds is 4. The first-order valence-electron chi connectivity index (χ1n) is 9.65. The van der Waals surface area contributed by atoms with Gasteiger partial charge in [-0.05, 0) is 32.4 Å². The average molecular weight is 423 g/mol. The number of aromatic nitrogens is 3. The van der Waals surface area contributed by atoms with E-state index < -0.39 is 12.0 Å². The first-order chi connectivity index (χ1) is 14.4. The van der Waals surface area contributed by atoms with Crippen LogP contribution in [-0.4, -0.2) is 26.9 Å². The molecule has 0 amide bonds. The molecule has 8 heteroatoms. The van der Waals surface area contributed by atoms with Gasteiger partial charge in [-0.15, -0.1) is 0 Å². The maximum Gasteiger partial charge on any atom is 0.338 e. The monoisotopic (exact) mass is 422 g/mol. The van der Waals surface area contributed by atoms with Gasteiger partial charge in [0, 0.05) is 18.8 Å². The number of fused-ring (bicyclic) bond motifs is 1. The fourth-order valence-corrected chi connectivity index (χ4v) is 4.68. The lowest BCUT2D eigenvalue weighted by atomic mass is 9.96. The van der Waals surface area contributed by atoms with Crippen molar-refractivity contribution >= 4 is 23.4 Å². The van der Waals surface area contributed by atoms with Gasteiger partial charge in [-0.2, -0.15) is 5.10 Å². The summed E-state index contributed by atoms with van der Waals surface area (Å²) in [7, 11) is 1.84. The van der Waals surface area contributed by atoms with Crippen LogP contribution in [0, 0.1) is 6.92 Å². The van der Waals surface area contributed by atoms with Crippen molar-refractivity contribution in [1.82, 2.24) is 14.3 Å². The summed E-state index contributed by atoms with van der Waals surface area (Å²) in [4.78, 5) is 31.4. The third-order valence-corrected chi connectivity index (χ3v) is 5.95. The molecule has 7 nitrogen and oxygen atoms in total. The van der Waals surface area contributed by atoms with Gasteiger partial charge in [-0.3, -0.25) is 14.0 Å². The summed E-state index contributed by atoms with van der Waals surface area (Å²) in [5.41, 5.74) is 3.31. The van der Waals surface area contributed by atoms with Crippen molar-refractivity contribution < 1.29 is 9.53 Å². The number of hydrogen-bond acceptors (Lipinski definition) is 6. The summed E-state index contributed by atoms with van der Waals surface area (Å²) in [5.74, 6) is -0.454. The minimum Gasteiger partial charge on any atom is -0.463 e. The molecule has 0 N–H and O–H groups in total. The maximum absolute atomic E-state index is 13.4. The van der Waals surface area contributed by atoms with Crippen LogP contribution in [0.2, 0.25) is 0 Å². The smallest absolute Gasteiger partial charge is 0.338 e. The molecule has 3 aromatic rings. The number of thiazole rings is 1. The third kappa shape index (κ3) is 3.43. The summed E-state index contributed by atoms with van der Waals surface area (Å²) in [6.45, 7) is 5.70. The molecule has 2 aromatic heterocycles. The van der Waals surface area contributed by atoms with Crippen molar-refractivity contribution in [3.05, 3.63) is 84.3 Å². The van der Waals surface area contributed by atoms with E-state index in [9.17, 15) is 9.59 Å². The van der Waals surface area contributed by atoms with Crippen LogP contribution < -0.4 is 14.9 Å². The first-order valence-corrected chi connectivity index (χ1v) is 10.5. The Balaban J connectivity index is 1.97. The number of benzene rings is 1. The van der Waals surface area contributed by atoms with Gasteiger partial charge in [0.15, 0.2) is 4.80 Å². The quantitative estimate of drug-likeness (QED) is 0.601. The molecule has 3 heterocycles. The zero-order valence-electron chi connectivity index (χ0n) is 17.2. The van der Waals surface area contributed by atoms with Crippen molar-refractivity contribution in [3.8, 4) is 0 Å². The van der Waals surface area contributed by atoms with Crippen molar-refractivity contribution in [1.29, 1.82) is 0 Å². The van der Waals surface area contributed by atoms with Crippen molar-refractivity contribution in [2.75, 3.05) is 6.61 Å². The molecule has 0 fully saturated rings. The normalized spacial score (nSPS) is 16.4. The highest BCUT2D eigenvalue weighted by Gasteiger charge is 2.33. The predicted molar refractivity (Wildman–Crippen MR) is 115 cm³/mol. The molecule has 154 valence electrons. The Morgan fingerprint density at radius 2 is 2.00 bits per heavy atom. The average Bonchev–Trinajstić information content (AvgIpc) is 3.19. The molecule has 0 radical (unpaired) electrons. The molecule has 1 atom stereocenters. The standard InChI is InChI=1S/C22H22N4O3S/c1-5-29-21(28)18-14(3)23-22-26(19(18)15-9-7-6-8-10-15)20(27)17(30-22)11-16-12-25(4)24-13(16)2/h6-12,19H,5H2,1-4H3/t19-/m0/s1. The Bertz CT molecular complexity index is 1330. The second-order valence-electron chi connectivity index (χ2n) is 7.06. The molecule has 1 aliphatic heterocycles. The second kappa shape index (κ2) is 7.87. The fourth-order valence-electron chi connectivity index (χ4n) is 3.64. The van der Waals surface area contributed by atoms with E-state index in [0.29, 0.717) is 20.6 Å². The Morgan fingerprint density at radius 3 is 2.63 bits per heavy atom. The number of ether oxygens (including phenoxy) is 1. The minimum atomic E-state index is -0.585. The van der Waals surface area contributed by atoms with Crippen molar-refractivity contribution in [2.24, 2.45) is 12.0 Å². The molecule has 0 saturated carbocycles. The molecule has 0 spiro atoms. The van der Waals surface area contributed by atoms with E-state index in [0.717, 1.165) is 16.8 Å². The van der Waals surface area contributed by atoms with Crippen molar-refractivity contribution in [3.63, 3.8) is 0 Å². The lowest BCUT2D eigenvalue weighted by Gasteiger charge is -2.24. The van der Waals surface area contributed by atoms with Crippen molar-refractivity contribution in [2.45, 2.75) is 26.8 Å². The van der Waals surface area contributed by atoms with Gasteiger partial charge < -0.3 is 4.74 Å². The molecule has 0 bridgehead atoms. The van der Waals surface area contributed by atoms with Crippen LogP contribution in [0.25, 0.3) is 6.08 Å². The van der Waals surface area contributed by atoms with E-state index in [4.69, 9.17) is 4.74 Å². The number of allylic oxidation sites excluding steroid dienone is 1. The van der Waals surface area contributed by atoms with E-state index in [1.165, 1.54) is 11.3 Å². The third-order valence-electron chi connectivity index (χ3n) is 4.97. The lowest BCUT2D eigenvalue weighted by Crippen LogP contribution is -2.39. The number of aryl methyl sites for hydroxylation is 2. The molecule has 0 unspecified atom stereocenters. The molecule has 4 rings (SSSR count). The van der Waals surface area contributed by atoms with Crippen LogP contribution >= 0.6 is 11.3 Å². The van der Waals surface area contributed by atoms with Crippen LogP contribution in [0.5, 0.6) is 0 Å². The molecule has 0 aliphatic carbocycles. The fraction of sp³-hybridized carbons (Fsp3) is 0.273. The summed E-state index contributed by atoms with van der Waals surface area (Å²) >= 11 is 1.31. The van der Waals surface area contributed by atoms with E-state index in [1.807, 2.05) is 56.6 Å². The second-order valence-corrected chi connectivity index (χ2v) is 8.07. The molecule has 0 saturated heterocycles. The Kier molecular flexibility index (Phi) is 5.26. The molecular weight excluding hydrogens is 400 g/mol. The highest BCUT2D eigenvalue weighted by molar-refractivity contribution is 7.07. The summed E-state index contributed by atoms with van der Waals surface area (Å²) in [6, 6.07) is 8.92. The minimum absolute atomic E-state index is 0.190. The van der Waals surface area contributed by atoms with Gasteiger partial charge in [0.25, 0.3) is 5.56 Å². The predicted octanol–water partition coefficient (Wildman–Crippen LogP) is 1.84. The van der Waals surface area contributed by atoms with E-state index >= 15 is 0 Å². The number of esters is 1. The Hall–Kier alpha value is -3.26. The number of hydrogen-bond donors (Lipinski definition) is 0. The lowest BCUT2D eigenvalue weighted by molar-refractivity contribution is -0.139. The maximum atomic E-state index is 13.4. The highest BCUT2D eigenvalue weighted by Crippen LogP contribution is 2.30. The topological polar surface area (TPSA) is 78.5 Å². The van der Waals surface area contributed by atoms with E-state index in [1.54, 1.807) is 23.1 Å². The van der Waals surface area contributed by atoms with Crippen LogP contribution in [0.4, 0.5) is 0 Å². The van der Waals surface area contributed by atoms with Gasteiger partial charge in [-0.1, -0.05) is 41.7 Å². The molecule has 1 aliphatic rings. The molecule has 1 aromatic carbocycles. The highest BCUT2D eigenvalue weighted by atomic mass is 32.1. The largest absolute Gasteiger partial charge is 0.463 e. The number of nitrogens with zero attached hydrogens (tertiary/aromatic N) is 4. The van der Waals surface area contributed by atoms with Crippen LogP contribution in [0.15, 0.2) is 57.6 Å². The van der Waals surface area contributed by atoms with Gasteiger partial charge in [0.1, 0.15) is 0 Å². The Labute approximate surface area is 177 Å². The summed E-state index contributed by atoms with van der Waals surface area (Å²) in [5, 5.41) is 4.34. The zero-order chi connectivity index (χ0) is 21.4. The molecule has 30 heavy (non-hydrogen) atoms. The van der Waals surface area contributed by atoms with Gasteiger partial charge in [-0.25, -0.2) is 9.79 Å². The number of carbonyl (C=O) groups is 1. The van der Waals surface area contributed by atoms with Crippen LogP contribution in [0.3, 0.4) is 0 Å².